The van der Waals surface area contributed by atoms with Gasteiger partial charge < -0.3 is 15.8 Å². The fourth-order valence-corrected chi connectivity index (χ4v) is 4.22. The van der Waals surface area contributed by atoms with Crippen molar-refractivity contribution >= 4 is 27.5 Å². The van der Waals surface area contributed by atoms with Crippen LogP contribution in [0.25, 0.3) is 0 Å². The first-order valence-electron chi connectivity index (χ1n) is 7.71. The summed E-state index contributed by atoms with van der Waals surface area (Å²) >= 11 is 3.46. The van der Waals surface area contributed by atoms with Gasteiger partial charge in [-0.3, -0.25) is 0 Å². The van der Waals surface area contributed by atoms with Crippen LogP contribution in [0.3, 0.4) is 0 Å². The number of piperidine rings is 1. The Morgan fingerprint density at radius 2 is 2.00 bits per heavy atom. The van der Waals surface area contributed by atoms with Gasteiger partial charge in [0.1, 0.15) is 0 Å². The van der Waals surface area contributed by atoms with Crippen molar-refractivity contribution in [3.05, 3.63) is 28.2 Å². The van der Waals surface area contributed by atoms with Crippen LogP contribution in [-0.2, 0) is 0 Å². The van der Waals surface area contributed by atoms with Gasteiger partial charge in [-0.2, -0.15) is 0 Å². The Bertz CT molecular complexity index is 546. The molecule has 0 aromatic heterocycles. The molecule has 21 heavy (non-hydrogen) atoms. The molecule has 2 fully saturated rings. The number of hydrogen-bond acceptors (Lipinski definition) is 3. The maximum Gasteiger partial charge on any atom is 0.172 e. The molecule has 114 valence electrons. The van der Waals surface area contributed by atoms with Gasteiger partial charge in [-0.15, -0.1) is 0 Å². The highest BCUT2D eigenvalue weighted by atomic mass is 79.9. The summed E-state index contributed by atoms with van der Waals surface area (Å²) < 4.78 is 0.945. The van der Waals surface area contributed by atoms with Gasteiger partial charge in [-0.1, -0.05) is 40.3 Å². The zero-order valence-electron chi connectivity index (χ0n) is 12.1. The lowest BCUT2D eigenvalue weighted by Crippen LogP contribution is -2.42. The lowest BCUT2D eigenvalue weighted by Gasteiger charge is -2.42. The molecule has 1 aromatic carbocycles. The lowest BCUT2D eigenvalue weighted by molar-refractivity contribution is 0.202. The molecule has 1 saturated carbocycles. The molecule has 1 aliphatic heterocycles. The molecule has 1 saturated heterocycles. The number of oxime groups is 1. The molecular formula is C16H22BrN3O. The second-order valence-electron chi connectivity index (χ2n) is 6.19. The summed E-state index contributed by atoms with van der Waals surface area (Å²) in [4.78, 5) is 2.41. The van der Waals surface area contributed by atoms with E-state index in [0.717, 1.165) is 40.6 Å². The van der Waals surface area contributed by atoms with Gasteiger partial charge in [0.25, 0.3) is 0 Å². The summed E-state index contributed by atoms with van der Waals surface area (Å²) in [6.45, 7) is 2.16. The predicted octanol–water partition coefficient (Wildman–Crippen LogP) is 3.56. The van der Waals surface area contributed by atoms with E-state index in [9.17, 15) is 0 Å². The zero-order chi connectivity index (χ0) is 14.8. The van der Waals surface area contributed by atoms with E-state index < -0.39 is 0 Å². The van der Waals surface area contributed by atoms with Crippen molar-refractivity contribution in [2.75, 3.05) is 18.0 Å². The second kappa shape index (κ2) is 6.26. The van der Waals surface area contributed by atoms with Gasteiger partial charge in [0, 0.05) is 28.8 Å². The quantitative estimate of drug-likeness (QED) is 0.370. The molecule has 5 heteroatoms. The average molecular weight is 352 g/mol. The van der Waals surface area contributed by atoms with Crippen LogP contribution in [0.15, 0.2) is 27.8 Å². The van der Waals surface area contributed by atoms with Crippen molar-refractivity contribution in [1.29, 1.82) is 0 Å². The van der Waals surface area contributed by atoms with Crippen molar-refractivity contribution in [2.45, 2.75) is 32.1 Å². The Morgan fingerprint density at radius 3 is 2.76 bits per heavy atom. The highest BCUT2D eigenvalue weighted by Gasteiger charge is 2.32. The van der Waals surface area contributed by atoms with E-state index >= 15 is 0 Å². The maximum absolute atomic E-state index is 9.02. The molecule has 4 nitrogen and oxygen atoms in total. The van der Waals surface area contributed by atoms with Crippen LogP contribution in [0.5, 0.6) is 0 Å². The standard InChI is InChI=1S/C16H22BrN3O/c17-13-5-6-15(14(9-13)16(18)19-21)20-8-7-11-3-1-2-4-12(11)10-20/h5-6,9,11-12,21H,1-4,7-8,10H2,(H2,18,19). The molecule has 0 spiro atoms. The van der Waals surface area contributed by atoms with Crippen molar-refractivity contribution in [3.63, 3.8) is 0 Å². The third kappa shape index (κ3) is 3.03. The number of rotatable bonds is 2. The summed E-state index contributed by atoms with van der Waals surface area (Å²) in [5.74, 6) is 1.88. The molecule has 0 radical (unpaired) electrons. The first kappa shape index (κ1) is 14.7. The van der Waals surface area contributed by atoms with Gasteiger partial charge in [0.2, 0.25) is 0 Å². The van der Waals surface area contributed by atoms with E-state index in [1.807, 2.05) is 12.1 Å². The summed E-state index contributed by atoms with van der Waals surface area (Å²) in [7, 11) is 0. The predicted molar refractivity (Wildman–Crippen MR) is 88.9 cm³/mol. The third-order valence-corrected chi connectivity index (χ3v) is 5.47. The van der Waals surface area contributed by atoms with Crippen molar-refractivity contribution < 1.29 is 5.21 Å². The SMILES string of the molecule is N/C(=N/O)c1cc(Br)ccc1N1CCC2CCCCC2C1. The first-order chi connectivity index (χ1) is 10.2. The molecule has 3 N–H and O–H groups in total. The Morgan fingerprint density at radius 1 is 1.24 bits per heavy atom. The average Bonchev–Trinajstić information content (AvgIpc) is 2.53. The Kier molecular flexibility index (Phi) is 4.38. The van der Waals surface area contributed by atoms with Gasteiger partial charge in [-0.25, -0.2) is 0 Å². The van der Waals surface area contributed by atoms with Crippen LogP contribution in [0, 0.1) is 11.8 Å². The van der Waals surface area contributed by atoms with E-state index in [2.05, 4.69) is 32.1 Å². The molecular weight excluding hydrogens is 330 g/mol. The summed E-state index contributed by atoms with van der Waals surface area (Å²) in [6, 6.07) is 6.02. The van der Waals surface area contributed by atoms with Crippen LogP contribution in [0.4, 0.5) is 5.69 Å². The number of nitrogens with zero attached hydrogens (tertiary/aromatic N) is 2. The van der Waals surface area contributed by atoms with Crippen molar-refractivity contribution in [2.24, 2.45) is 22.7 Å². The molecule has 1 aromatic rings. The number of nitrogens with two attached hydrogens (primary N) is 1. The molecule has 0 amide bonds. The lowest BCUT2D eigenvalue weighted by atomic mass is 9.75. The monoisotopic (exact) mass is 351 g/mol. The molecule has 2 aliphatic rings. The van der Waals surface area contributed by atoms with E-state index in [1.54, 1.807) is 0 Å². The molecule has 2 atom stereocenters. The number of hydrogen-bond donors (Lipinski definition) is 2. The van der Waals surface area contributed by atoms with Crippen LogP contribution < -0.4 is 10.6 Å². The van der Waals surface area contributed by atoms with Crippen molar-refractivity contribution in [1.82, 2.24) is 0 Å². The smallest absolute Gasteiger partial charge is 0.172 e. The largest absolute Gasteiger partial charge is 0.409 e. The molecule has 2 unspecified atom stereocenters. The summed E-state index contributed by atoms with van der Waals surface area (Å²) in [5.41, 5.74) is 7.74. The summed E-state index contributed by atoms with van der Waals surface area (Å²) in [5, 5.41) is 12.2. The highest BCUT2D eigenvalue weighted by Crippen LogP contribution is 2.38. The number of halogens is 1. The Hall–Kier alpha value is -1.23. The van der Waals surface area contributed by atoms with E-state index in [0.29, 0.717) is 0 Å². The van der Waals surface area contributed by atoms with E-state index in [1.165, 1.54) is 32.1 Å². The van der Waals surface area contributed by atoms with Gasteiger partial charge in [0.05, 0.1) is 0 Å². The molecule has 0 bridgehead atoms. The Labute approximate surface area is 134 Å². The van der Waals surface area contributed by atoms with E-state index in [4.69, 9.17) is 10.9 Å². The second-order valence-corrected chi connectivity index (χ2v) is 7.10. The normalized spacial score (nSPS) is 26.5. The minimum Gasteiger partial charge on any atom is -0.409 e. The first-order valence-corrected chi connectivity index (χ1v) is 8.50. The van der Waals surface area contributed by atoms with E-state index in [-0.39, 0.29) is 5.84 Å². The number of anilines is 1. The van der Waals surface area contributed by atoms with Crippen molar-refractivity contribution in [3.8, 4) is 0 Å². The topological polar surface area (TPSA) is 61.9 Å². The van der Waals surface area contributed by atoms with Crippen LogP contribution >= 0.6 is 15.9 Å². The molecule has 1 heterocycles. The zero-order valence-corrected chi connectivity index (χ0v) is 13.7. The fourth-order valence-electron chi connectivity index (χ4n) is 3.86. The fraction of sp³-hybridized carbons (Fsp3) is 0.562. The third-order valence-electron chi connectivity index (χ3n) is 4.97. The number of benzene rings is 1. The van der Waals surface area contributed by atoms with Crippen LogP contribution in [0.1, 0.15) is 37.7 Å². The Balaban J connectivity index is 1.86. The number of amidine groups is 1. The van der Waals surface area contributed by atoms with Crippen LogP contribution in [-0.4, -0.2) is 24.1 Å². The van der Waals surface area contributed by atoms with Gasteiger partial charge >= 0.3 is 0 Å². The van der Waals surface area contributed by atoms with Crippen LogP contribution in [0.2, 0.25) is 0 Å². The number of fused-ring (bicyclic) bond motifs is 1. The van der Waals surface area contributed by atoms with Gasteiger partial charge in [0.15, 0.2) is 5.84 Å². The minimum absolute atomic E-state index is 0.178. The minimum atomic E-state index is 0.178. The van der Waals surface area contributed by atoms with Gasteiger partial charge in [-0.05, 0) is 42.9 Å². The maximum atomic E-state index is 9.02. The molecule has 3 rings (SSSR count). The molecule has 1 aliphatic carbocycles. The summed E-state index contributed by atoms with van der Waals surface area (Å²) in [6.07, 6.45) is 6.76. The highest BCUT2D eigenvalue weighted by molar-refractivity contribution is 9.10.